The van der Waals surface area contributed by atoms with Crippen molar-refractivity contribution in [3.05, 3.63) is 35.4 Å². The summed E-state index contributed by atoms with van der Waals surface area (Å²) in [7, 11) is 0. The largest absolute Gasteiger partial charge is 1.00 e. The molecular weight excluding hydrogens is 231 g/mol. The molecule has 0 aliphatic carbocycles. The molecule has 1 aromatic rings. The molecule has 1 N–H and O–H groups in total. The second-order valence-electron chi connectivity index (χ2n) is 2.46. The molecule has 8 heteroatoms. The molecule has 0 fully saturated rings. The zero-order valence-corrected chi connectivity index (χ0v) is 9.02. The summed E-state index contributed by atoms with van der Waals surface area (Å²) in [5, 5.41) is 8.60. The molecule has 0 amide bonds. The van der Waals surface area contributed by atoms with E-state index in [1.807, 2.05) is 0 Å². The van der Waals surface area contributed by atoms with Crippen LogP contribution >= 0.6 is 0 Å². The predicted octanol–water partition coefficient (Wildman–Crippen LogP) is -2.66. The molecule has 0 saturated heterocycles. The van der Waals surface area contributed by atoms with Crippen molar-refractivity contribution < 1.29 is 46.5 Å². The number of rotatable bonds is 3. The van der Waals surface area contributed by atoms with Crippen LogP contribution in [0.1, 0.15) is 20.7 Å². The minimum absolute atomic E-state index is 0. The Morgan fingerprint density at radius 2 is 1.88 bits per heavy atom. The Morgan fingerprint density at radius 3 is 2.38 bits per heavy atom. The van der Waals surface area contributed by atoms with Crippen LogP contribution in [0.3, 0.4) is 0 Å². The van der Waals surface area contributed by atoms with Crippen molar-refractivity contribution >= 4 is 23.3 Å². The van der Waals surface area contributed by atoms with Gasteiger partial charge in [-0.25, -0.2) is 13.8 Å². The Bertz CT molecular complexity index is 432. The second-order valence-corrected chi connectivity index (χ2v) is 3.04. The summed E-state index contributed by atoms with van der Waals surface area (Å²) in [5.74, 6) is -2.33. The zero-order chi connectivity index (χ0) is 11.4. The fraction of sp³-hybridized carbons (Fsp3) is 0. The normalized spacial score (nSPS) is 11.1. The van der Waals surface area contributed by atoms with Crippen molar-refractivity contribution in [1.82, 2.24) is 0 Å². The number of carbonyl (C=O) groups is 2. The minimum Gasteiger partial charge on any atom is -0.740 e. The Morgan fingerprint density at radius 1 is 1.31 bits per heavy atom. The summed E-state index contributed by atoms with van der Waals surface area (Å²) in [5.41, 5.74) is -0.264. The maximum Gasteiger partial charge on any atom is 1.00 e. The molecule has 1 rings (SSSR count). The van der Waals surface area contributed by atoms with Gasteiger partial charge in [-0.3, -0.25) is 0 Å². The van der Waals surface area contributed by atoms with E-state index in [2.05, 4.69) is 4.18 Å². The quantitative estimate of drug-likeness (QED) is 0.453. The number of carboxylic acids is 1. The van der Waals surface area contributed by atoms with E-state index in [-0.39, 0.29) is 30.0 Å². The van der Waals surface area contributed by atoms with Crippen LogP contribution in [0.2, 0.25) is 0 Å². The van der Waals surface area contributed by atoms with Gasteiger partial charge in [0.2, 0.25) is 0 Å². The molecule has 0 aliphatic heterocycles. The molecule has 16 heavy (non-hydrogen) atoms. The van der Waals surface area contributed by atoms with Gasteiger partial charge in [0, 0.05) is 0 Å². The Hall–Kier alpha value is -1.13. The van der Waals surface area contributed by atoms with E-state index in [1.165, 1.54) is 18.2 Å². The number of carboxylic acid groups (broad SMARTS) is 1. The van der Waals surface area contributed by atoms with E-state index in [1.54, 1.807) is 0 Å². The third kappa shape index (κ3) is 4.16. The third-order valence-electron chi connectivity index (χ3n) is 1.49. The number of hydrogen-bond donors (Lipinski definition) is 1. The first-order valence-corrected chi connectivity index (χ1v) is 4.66. The Balaban J connectivity index is 0.00000225. The smallest absolute Gasteiger partial charge is 0.740 e. The van der Waals surface area contributed by atoms with Crippen LogP contribution in [-0.2, 0) is 15.5 Å². The van der Waals surface area contributed by atoms with Crippen LogP contribution in [-0.4, -0.2) is 25.8 Å². The zero-order valence-electron chi connectivity index (χ0n) is 8.21. The average molecular weight is 236 g/mol. The first kappa shape index (κ1) is 14.9. The number of benzene rings is 1. The first-order chi connectivity index (χ1) is 7.00. The van der Waals surface area contributed by atoms with Crippen molar-refractivity contribution in [2.45, 2.75) is 0 Å². The molecule has 1 atom stereocenters. The third-order valence-corrected chi connectivity index (χ3v) is 1.78. The molecular formula is C8H5LiO6S. The minimum atomic E-state index is -2.96. The Kier molecular flexibility index (Phi) is 5.99. The fourth-order valence-electron chi connectivity index (χ4n) is 0.889. The molecule has 0 spiro atoms. The monoisotopic (exact) mass is 236 g/mol. The molecule has 0 saturated carbocycles. The van der Waals surface area contributed by atoms with Gasteiger partial charge in [-0.15, -0.1) is 0 Å². The van der Waals surface area contributed by atoms with Crippen LogP contribution in [0.5, 0.6) is 0 Å². The summed E-state index contributed by atoms with van der Waals surface area (Å²) >= 11 is -2.96. The van der Waals surface area contributed by atoms with Crippen molar-refractivity contribution in [1.29, 1.82) is 0 Å². The van der Waals surface area contributed by atoms with E-state index < -0.39 is 23.3 Å². The standard InChI is InChI=1S/C8H6O6S.Li/c9-7(10)5-2-1-3-6(4-5)8(11)14-15(12)13;/h1-4H,(H,9,10)(H,12,13);/q;+1/p-1. The van der Waals surface area contributed by atoms with Crippen molar-refractivity contribution in [2.24, 2.45) is 0 Å². The predicted molar refractivity (Wildman–Crippen MR) is 47.7 cm³/mol. The van der Waals surface area contributed by atoms with Gasteiger partial charge >= 0.3 is 30.8 Å². The van der Waals surface area contributed by atoms with Gasteiger partial charge in [0.05, 0.1) is 11.1 Å². The topological polar surface area (TPSA) is 104 Å². The molecule has 0 aliphatic rings. The molecule has 1 aromatic carbocycles. The van der Waals surface area contributed by atoms with Gasteiger partial charge < -0.3 is 13.8 Å². The maximum atomic E-state index is 11.0. The van der Waals surface area contributed by atoms with Crippen molar-refractivity contribution in [2.75, 3.05) is 0 Å². The van der Waals surface area contributed by atoms with Gasteiger partial charge in [0.15, 0.2) is 0 Å². The molecule has 0 heterocycles. The van der Waals surface area contributed by atoms with E-state index >= 15 is 0 Å². The van der Waals surface area contributed by atoms with E-state index in [0.717, 1.165) is 6.07 Å². The summed E-state index contributed by atoms with van der Waals surface area (Å²) in [4.78, 5) is 21.5. The second kappa shape index (κ2) is 6.45. The SMILES string of the molecule is O=C(O)c1cccc(C(=O)OS(=O)[O-])c1.[Li+]. The van der Waals surface area contributed by atoms with Crippen LogP contribution in [0.25, 0.3) is 0 Å². The van der Waals surface area contributed by atoms with E-state index in [9.17, 15) is 18.4 Å². The maximum absolute atomic E-state index is 11.0. The van der Waals surface area contributed by atoms with Crippen LogP contribution in [0.15, 0.2) is 24.3 Å². The van der Waals surface area contributed by atoms with Gasteiger partial charge in [-0.1, -0.05) is 6.07 Å². The van der Waals surface area contributed by atoms with Crippen molar-refractivity contribution in [3.63, 3.8) is 0 Å². The average Bonchev–Trinajstić information content (AvgIpc) is 2.17. The molecule has 80 valence electrons. The molecule has 0 radical (unpaired) electrons. The van der Waals surface area contributed by atoms with Gasteiger partial charge in [0.1, 0.15) is 11.4 Å². The summed E-state index contributed by atoms with van der Waals surface area (Å²) in [6, 6.07) is 4.86. The Labute approximate surface area is 105 Å². The molecule has 0 bridgehead atoms. The molecule has 1 unspecified atom stereocenters. The summed E-state index contributed by atoms with van der Waals surface area (Å²) in [6.45, 7) is 0. The molecule has 6 nitrogen and oxygen atoms in total. The molecule has 0 aromatic heterocycles. The van der Waals surface area contributed by atoms with Crippen molar-refractivity contribution in [3.8, 4) is 0 Å². The van der Waals surface area contributed by atoms with E-state index in [0.29, 0.717) is 0 Å². The van der Waals surface area contributed by atoms with Crippen LogP contribution in [0, 0.1) is 0 Å². The van der Waals surface area contributed by atoms with Gasteiger partial charge in [0.25, 0.3) is 0 Å². The number of aromatic carboxylic acids is 1. The van der Waals surface area contributed by atoms with Crippen LogP contribution in [0.4, 0.5) is 0 Å². The van der Waals surface area contributed by atoms with Gasteiger partial charge in [-0.2, -0.15) is 0 Å². The van der Waals surface area contributed by atoms with E-state index in [4.69, 9.17) is 5.11 Å². The number of carbonyl (C=O) groups excluding carboxylic acids is 1. The summed E-state index contributed by atoms with van der Waals surface area (Å²) < 4.78 is 23.9. The van der Waals surface area contributed by atoms with Crippen LogP contribution < -0.4 is 18.9 Å². The fourth-order valence-corrected chi connectivity index (χ4v) is 1.11. The summed E-state index contributed by atoms with van der Waals surface area (Å²) in [6.07, 6.45) is 0. The van der Waals surface area contributed by atoms with Gasteiger partial charge in [-0.05, 0) is 18.2 Å². The number of hydrogen-bond acceptors (Lipinski definition) is 5. The first-order valence-electron chi connectivity index (χ1n) is 3.66.